The Kier molecular flexibility index (Phi) is 1.75. The summed E-state index contributed by atoms with van der Waals surface area (Å²) < 4.78 is 2.14. The van der Waals surface area contributed by atoms with Gasteiger partial charge >= 0.3 is 0 Å². The maximum absolute atomic E-state index is 4.48. The fourth-order valence-corrected chi connectivity index (χ4v) is 2.13. The molecule has 1 aromatic carbocycles. The smallest absolute Gasteiger partial charge is 0.0650 e. The monoisotopic (exact) mass is 196 g/mol. The largest absolute Gasteiger partial charge is 0.323 e. The first-order valence-electron chi connectivity index (χ1n) is 5.13. The zero-order valence-corrected chi connectivity index (χ0v) is 8.64. The summed E-state index contributed by atoms with van der Waals surface area (Å²) in [6.07, 6.45) is 4.14. The molecule has 74 valence electrons. The van der Waals surface area contributed by atoms with Crippen molar-refractivity contribution in [3.05, 3.63) is 53.9 Å². The van der Waals surface area contributed by atoms with Crippen molar-refractivity contribution in [1.82, 2.24) is 4.57 Å². The molecule has 0 saturated heterocycles. The highest BCUT2D eigenvalue weighted by Crippen LogP contribution is 2.25. The highest BCUT2D eigenvalue weighted by atomic mass is 15.0. The van der Waals surface area contributed by atoms with Gasteiger partial charge in [-0.3, -0.25) is 4.99 Å². The van der Waals surface area contributed by atoms with Gasteiger partial charge in [0.2, 0.25) is 0 Å². The van der Waals surface area contributed by atoms with Crippen LogP contribution in [0.4, 0.5) is 0 Å². The van der Waals surface area contributed by atoms with Crippen LogP contribution in [0.15, 0.2) is 47.7 Å². The van der Waals surface area contributed by atoms with Crippen LogP contribution < -0.4 is 0 Å². The number of nitrogens with zero attached hydrogens (tertiary/aromatic N) is 2. The first-order chi connectivity index (χ1) is 7.36. The van der Waals surface area contributed by atoms with E-state index in [0.29, 0.717) is 0 Å². The van der Waals surface area contributed by atoms with Crippen LogP contribution in [-0.2, 0) is 6.54 Å². The van der Waals surface area contributed by atoms with Gasteiger partial charge in [-0.15, -0.1) is 0 Å². The number of aliphatic imine (C=N–C) groups is 1. The van der Waals surface area contributed by atoms with Crippen LogP contribution in [0, 0.1) is 0 Å². The van der Waals surface area contributed by atoms with Gasteiger partial charge in [-0.2, -0.15) is 0 Å². The van der Waals surface area contributed by atoms with E-state index in [9.17, 15) is 0 Å². The molecule has 0 bridgehead atoms. The van der Waals surface area contributed by atoms with Crippen LogP contribution in [0.2, 0.25) is 0 Å². The molecule has 0 unspecified atom stereocenters. The van der Waals surface area contributed by atoms with Gasteiger partial charge in [0.15, 0.2) is 0 Å². The first-order valence-corrected chi connectivity index (χ1v) is 5.13. The van der Waals surface area contributed by atoms with Gasteiger partial charge in [-0.1, -0.05) is 12.1 Å². The minimum atomic E-state index is 0.830. The second kappa shape index (κ2) is 3.09. The van der Waals surface area contributed by atoms with E-state index in [-0.39, 0.29) is 0 Å². The maximum atomic E-state index is 4.48. The minimum Gasteiger partial charge on any atom is -0.323 e. The molecule has 2 nitrogen and oxygen atoms in total. The van der Waals surface area contributed by atoms with Crippen molar-refractivity contribution in [2.75, 3.05) is 0 Å². The van der Waals surface area contributed by atoms with E-state index in [1.54, 1.807) is 0 Å². The van der Waals surface area contributed by atoms with E-state index >= 15 is 0 Å². The van der Waals surface area contributed by atoms with Gasteiger partial charge < -0.3 is 4.57 Å². The molecule has 2 heterocycles. The van der Waals surface area contributed by atoms with E-state index in [4.69, 9.17) is 0 Å². The number of aromatic nitrogens is 1. The Labute approximate surface area is 88.9 Å². The van der Waals surface area contributed by atoms with Gasteiger partial charge in [0.05, 0.1) is 12.2 Å². The summed E-state index contributed by atoms with van der Waals surface area (Å²) in [5.74, 6) is 0. The average Bonchev–Trinajstić information content (AvgIpc) is 2.88. The van der Waals surface area contributed by atoms with E-state index < -0.39 is 0 Å². The van der Waals surface area contributed by atoms with E-state index in [1.165, 1.54) is 16.8 Å². The van der Waals surface area contributed by atoms with Gasteiger partial charge in [0, 0.05) is 23.7 Å². The fraction of sp³-hybridized carbons (Fsp3) is 0.154. The summed E-state index contributed by atoms with van der Waals surface area (Å²) in [6, 6.07) is 10.5. The van der Waals surface area contributed by atoms with E-state index in [2.05, 4.69) is 47.1 Å². The summed E-state index contributed by atoms with van der Waals surface area (Å²) in [6.45, 7) is 2.91. The lowest BCUT2D eigenvalue weighted by Crippen LogP contribution is -2.01. The molecular weight excluding hydrogens is 184 g/mol. The molecule has 0 atom stereocenters. The lowest BCUT2D eigenvalue weighted by molar-refractivity contribution is 1.06. The molecule has 1 aromatic heterocycles. The molecule has 0 radical (unpaired) electrons. The molecule has 2 heteroatoms. The lowest BCUT2D eigenvalue weighted by Gasteiger charge is -2.09. The third-order valence-electron chi connectivity index (χ3n) is 2.86. The van der Waals surface area contributed by atoms with Crippen molar-refractivity contribution in [1.29, 1.82) is 0 Å². The van der Waals surface area contributed by atoms with E-state index in [0.717, 1.165) is 12.3 Å². The summed E-state index contributed by atoms with van der Waals surface area (Å²) in [7, 11) is 0. The normalized spacial score (nSPS) is 13.8. The van der Waals surface area contributed by atoms with Crippen LogP contribution in [0.3, 0.4) is 0 Å². The van der Waals surface area contributed by atoms with Crippen LogP contribution in [0.5, 0.6) is 0 Å². The molecule has 1 aliphatic heterocycles. The van der Waals surface area contributed by atoms with Gasteiger partial charge in [0.25, 0.3) is 0 Å². The Morgan fingerprint density at radius 2 is 1.93 bits per heavy atom. The standard InChI is InChI=1S/C13H12N2/c1-10-13-11(9-14-10)5-4-6-12(13)15-7-2-3-8-15/h2-8H,9H2,1H3. The average molecular weight is 196 g/mol. The Morgan fingerprint density at radius 3 is 2.73 bits per heavy atom. The number of hydrogen-bond acceptors (Lipinski definition) is 1. The molecule has 15 heavy (non-hydrogen) atoms. The summed E-state index contributed by atoms with van der Waals surface area (Å²) >= 11 is 0. The predicted molar refractivity (Wildman–Crippen MR) is 61.7 cm³/mol. The fourth-order valence-electron chi connectivity index (χ4n) is 2.13. The van der Waals surface area contributed by atoms with Gasteiger partial charge in [-0.25, -0.2) is 0 Å². The Bertz CT molecular complexity index is 521. The van der Waals surface area contributed by atoms with Crippen molar-refractivity contribution in [2.45, 2.75) is 13.5 Å². The number of fused-ring (bicyclic) bond motifs is 1. The Morgan fingerprint density at radius 1 is 1.13 bits per heavy atom. The van der Waals surface area contributed by atoms with Crippen LogP contribution in [0.1, 0.15) is 18.1 Å². The molecule has 0 amide bonds. The summed E-state index contributed by atoms with van der Waals surface area (Å²) in [4.78, 5) is 4.48. The van der Waals surface area contributed by atoms with Crippen molar-refractivity contribution < 1.29 is 0 Å². The second-order valence-electron chi connectivity index (χ2n) is 3.80. The highest BCUT2D eigenvalue weighted by molar-refractivity contribution is 6.05. The second-order valence-corrected chi connectivity index (χ2v) is 3.80. The SMILES string of the molecule is CC1=NCc2cccc(-n3cccc3)c21. The van der Waals surface area contributed by atoms with Crippen molar-refractivity contribution in [3.63, 3.8) is 0 Å². The summed E-state index contributed by atoms with van der Waals surface area (Å²) in [5, 5.41) is 0. The highest BCUT2D eigenvalue weighted by Gasteiger charge is 2.16. The number of rotatable bonds is 1. The Hall–Kier alpha value is -1.83. The molecule has 0 fully saturated rings. The minimum absolute atomic E-state index is 0.830. The Balaban J connectivity index is 2.26. The van der Waals surface area contributed by atoms with E-state index in [1.807, 2.05) is 12.1 Å². The third kappa shape index (κ3) is 1.22. The number of hydrogen-bond donors (Lipinski definition) is 0. The lowest BCUT2D eigenvalue weighted by atomic mass is 10.0. The molecule has 0 spiro atoms. The molecule has 3 rings (SSSR count). The van der Waals surface area contributed by atoms with Crippen LogP contribution in [0.25, 0.3) is 5.69 Å². The molecule has 0 aliphatic carbocycles. The van der Waals surface area contributed by atoms with Gasteiger partial charge in [-0.05, 0) is 30.7 Å². The quantitative estimate of drug-likeness (QED) is 0.667. The third-order valence-corrected chi connectivity index (χ3v) is 2.86. The van der Waals surface area contributed by atoms with Crippen LogP contribution in [-0.4, -0.2) is 10.3 Å². The first kappa shape index (κ1) is 8.48. The molecule has 0 saturated carbocycles. The van der Waals surface area contributed by atoms with Crippen molar-refractivity contribution in [2.24, 2.45) is 4.99 Å². The topological polar surface area (TPSA) is 17.3 Å². The maximum Gasteiger partial charge on any atom is 0.0650 e. The molecule has 1 aliphatic rings. The predicted octanol–water partition coefficient (Wildman–Crippen LogP) is 2.80. The van der Waals surface area contributed by atoms with Gasteiger partial charge in [0.1, 0.15) is 0 Å². The number of benzene rings is 1. The molecule has 0 N–H and O–H groups in total. The molecule has 2 aromatic rings. The van der Waals surface area contributed by atoms with Crippen molar-refractivity contribution in [3.8, 4) is 5.69 Å². The van der Waals surface area contributed by atoms with Crippen LogP contribution >= 0.6 is 0 Å². The zero-order valence-electron chi connectivity index (χ0n) is 8.64. The van der Waals surface area contributed by atoms with Crippen molar-refractivity contribution >= 4 is 5.71 Å². The zero-order chi connectivity index (χ0) is 10.3. The molecular formula is C13H12N2. The summed E-state index contributed by atoms with van der Waals surface area (Å²) in [5.41, 5.74) is 5.01.